The van der Waals surface area contributed by atoms with Crippen molar-refractivity contribution >= 4 is 17.9 Å². The zero-order chi connectivity index (χ0) is 19.5. The monoisotopic (exact) mass is 370 g/mol. The number of carbonyl (C=O) groups is 2. The number of amides is 2. The highest BCUT2D eigenvalue weighted by molar-refractivity contribution is 5.93. The number of benzene rings is 2. The van der Waals surface area contributed by atoms with Crippen molar-refractivity contribution in [3.63, 3.8) is 0 Å². The molecule has 2 aromatic carbocycles. The van der Waals surface area contributed by atoms with Crippen molar-refractivity contribution < 1.29 is 23.8 Å². The van der Waals surface area contributed by atoms with E-state index in [0.717, 1.165) is 11.3 Å². The Kier molecular flexibility index (Phi) is 7.71. The van der Waals surface area contributed by atoms with Gasteiger partial charge in [0.05, 0.1) is 13.7 Å². The van der Waals surface area contributed by atoms with E-state index in [1.54, 1.807) is 37.5 Å². The lowest BCUT2D eigenvalue weighted by molar-refractivity contribution is -0.128. The van der Waals surface area contributed by atoms with Gasteiger partial charge in [0.15, 0.2) is 6.61 Å². The Hall–Kier alpha value is -3.48. The number of ether oxygens (including phenoxy) is 3. The second-order valence-corrected chi connectivity index (χ2v) is 5.34. The number of hydrogen-bond donors (Lipinski definition) is 2. The number of nitrogens with one attached hydrogen (secondary N) is 2. The Morgan fingerprint density at radius 2 is 1.48 bits per heavy atom. The van der Waals surface area contributed by atoms with E-state index in [1.165, 1.54) is 6.08 Å². The van der Waals surface area contributed by atoms with Crippen LogP contribution in [0.5, 0.6) is 17.2 Å². The maximum Gasteiger partial charge on any atom is 0.276 e. The molecule has 0 heterocycles. The Bertz CT molecular complexity index is 770. The molecule has 0 spiro atoms. The van der Waals surface area contributed by atoms with Crippen LogP contribution in [0.4, 0.5) is 0 Å². The van der Waals surface area contributed by atoms with Gasteiger partial charge in [-0.15, -0.1) is 0 Å². The van der Waals surface area contributed by atoms with Crippen molar-refractivity contribution in [2.75, 3.05) is 20.3 Å². The summed E-state index contributed by atoms with van der Waals surface area (Å²) in [6.07, 6.45) is 2.95. The summed E-state index contributed by atoms with van der Waals surface area (Å²) in [6, 6.07) is 14.1. The summed E-state index contributed by atoms with van der Waals surface area (Å²) in [5.41, 5.74) is 5.40. The standard InChI is InChI=1S/C20H22N2O5/c1-3-26-17-7-4-15(5-8-17)6-13-19(23)21-22-20(24)14-27-18-11-9-16(25-2)10-12-18/h4-13H,3,14H2,1-2H3,(H,21,23)(H,22,24)/b13-6+. The van der Waals surface area contributed by atoms with E-state index in [2.05, 4.69) is 10.9 Å². The predicted molar refractivity (Wildman–Crippen MR) is 101 cm³/mol. The molecule has 0 radical (unpaired) electrons. The lowest BCUT2D eigenvalue weighted by atomic mass is 10.2. The molecule has 2 amide bonds. The van der Waals surface area contributed by atoms with Crippen molar-refractivity contribution in [2.45, 2.75) is 6.92 Å². The first kappa shape index (κ1) is 19.8. The highest BCUT2D eigenvalue weighted by atomic mass is 16.5. The Labute approximate surface area is 157 Å². The maximum absolute atomic E-state index is 11.7. The van der Waals surface area contributed by atoms with Gasteiger partial charge in [0.1, 0.15) is 17.2 Å². The zero-order valence-electron chi connectivity index (χ0n) is 15.2. The van der Waals surface area contributed by atoms with Crippen LogP contribution >= 0.6 is 0 Å². The van der Waals surface area contributed by atoms with Gasteiger partial charge in [-0.2, -0.15) is 0 Å². The summed E-state index contributed by atoms with van der Waals surface area (Å²) in [5, 5.41) is 0. The fourth-order valence-corrected chi connectivity index (χ4v) is 2.04. The zero-order valence-corrected chi connectivity index (χ0v) is 15.2. The second kappa shape index (κ2) is 10.5. The first-order valence-electron chi connectivity index (χ1n) is 8.37. The van der Waals surface area contributed by atoms with Crippen LogP contribution in [-0.2, 0) is 9.59 Å². The fraction of sp³-hybridized carbons (Fsp3) is 0.200. The van der Waals surface area contributed by atoms with Crippen LogP contribution < -0.4 is 25.1 Å². The van der Waals surface area contributed by atoms with Gasteiger partial charge in [0.2, 0.25) is 0 Å². The van der Waals surface area contributed by atoms with Gasteiger partial charge in [-0.05, 0) is 55.0 Å². The SMILES string of the molecule is CCOc1ccc(/C=C/C(=O)NNC(=O)COc2ccc(OC)cc2)cc1. The third kappa shape index (κ3) is 7.11. The fourth-order valence-electron chi connectivity index (χ4n) is 2.04. The molecule has 0 saturated carbocycles. The van der Waals surface area contributed by atoms with Gasteiger partial charge in [0.25, 0.3) is 11.8 Å². The average Bonchev–Trinajstić information content (AvgIpc) is 2.70. The Morgan fingerprint density at radius 1 is 0.889 bits per heavy atom. The third-order valence-electron chi connectivity index (χ3n) is 3.37. The average molecular weight is 370 g/mol. The predicted octanol–water partition coefficient (Wildman–Crippen LogP) is 2.33. The van der Waals surface area contributed by atoms with E-state index in [0.29, 0.717) is 18.1 Å². The topological polar surface area (TPSA) is 85.9 Å². The molecule has 0 fully saturated rings. The molecular formula is C20H22N2O5. The highest BCUT2D eigenvalue weighted by Gasteiger charge is 2.04. The normalized spacial score (nSPS) is 10.3. The number of hydrogen-bond acceptors (Lipinski definition) is 5. The van der Waals surface area contributed by atoms with E-state index < -0.39 is 11.8 Å². The van der Waals surface area contributed by atoms with Crippen LogP contribution in [0.1, 0.15) is 12.5 Å². The van der Waals surface area contributed by atoms with Crippen LogP contribution in [0.2, 0.25) is 0 Å². The van der Waals surface area contributed by atoms with Crippen LogP contribution in [0.3, 0.4) is 0 Å². The van der Waals surface area contributed by atoms with E-state index in [1.807, 2.05) is 31.2 Å². The molecule has 0 aromatic heterocycles. The summed E-state index contributed by atoms with van der Waals surface area (Å²) in [6.45, 7) is 2.28. The van der Waals surface area contributed by atoms with E-state index in [-0.39, 0.29) is 6.61 Å². The summed E-state index contributed by atoms with van der Waals surface area (Å²) in [5.74, 6) is 1.05. The number of rotatable bonds is 8. The van der Waals surface area contributed by atoms with E-state index >= 15 is 0 Å². The summed E-state index contributed by atoms with van der Waals surface area (Å²) < 4.78 is 15.7. The molecule has 7 heteroatoms. The molecule has 27 heavy (non-hydrogen) atoms. The quantitative estimate of drug-likeness (QED) is 0.550. The van der Waals surface area contributed by atoms with Crippen LogP contribution in [-0.4, -0.2) is 32.1 Å². The van der Waals surface area contributed by atoms with Gasteiger partial charge in [0, 0.05) is 6.08 Å². The summed E-state index contributed by atoms with van der Waals surface area (Å²) in [7, 11) is 1.57. The molecule has 0 aliphatic heterocycles. The van der Waals surface area contributed by atoms with Gasteiger partial charge < -0.3 is 14.2 Å². The number of methoxy groups -OCH3 is 1. The van der Waals surface area contributed by atoms with Gasteiger partial charge in [-0.25, -0.2) is 0 Å². The summed E-state index contributed by atoms with van der Waals surface area (Å²) in [4.78, 5) is 23.4. The number of hydrazine groups is 1. The van der Waals surface area contributed by atoms with Crippen molar-refractivity contribution in [1.29, 1.82) is 0 Å². The molecule has 2 rings (SSSR count). The van der Waals surface area contributed by atoms with E-state index in [4.69, 9.17) is 14.2 Å². The molecule has 142 valence electrons. The molecule has 0 saturated heterocycles. The van der Waals surface area contributed by atoms with Crippen molar-refractivity contribution in [1.82, 2.24) is 10.9 Å². The molecule has 2 aromatic rings. The second-order valence-electron chi connectivity index (χ2n) is 5.34. The third-order valence-corrected chi connectivity index (χ3v) is 3.37. The van der Waals surface area contributed by atoms with Crippen molar-refractivity contribution in [3.8, 4) is 17.2 Å². The van der Waals surface area contributed by atoms with Crippen LogP contribution in [0.15, 0.2) is 54.6 Å². The maximum atomic E-state index is 11.7. The lowest BCUT2D eigenvalue weighted by Gasteiger charge is -2.08. The van der Waals surface area contributed by atoms with Crippen molar-refractivity contribution in [3.05, 3.63) is 60.2 Å². The van der Waals surface area contributed by atoms with Crippen LogP contribution in [0.25, 0.3) is 6.08 Å². The van der Waals surface area contributed by atoms with Gasteiger partial charge in [-0.3, -0.25) is 20.4 Å². The minimum Gasteiger partial charge on any atom is -0.497 e. The first-order chi connectivity index (χ1) is 13.1. The highest BCUT2D eigenvalue weighted by Crippen LogP contribution is 2.16. The molecular weight excluding hydrogens is 348 g/mol. The lowest BCUT2D eigenvalue weighted by Crippen LogP contribution is -2.43. The Morgan fingerprint density at radius 3 is 2.11 bits per heavy atom. The van der Waals surface area contributed by atoms with E-state index in [9.17, 15) is 9.59 Å². The molecule has 0 atom stereocenters. The molecule has 0 aliphatic rings. The minimum absolute atomic E-state index is 0.227. The largest absolute Gasteiger partial charge is 0.497 e. The first-order valence-corrected chi connectivity index (χ1v) is 8.37. The molecule has 0 unspecified atom stereocenters. The molecule has 0 aliphatic carbocycles. The molecule has 0 bridgehead atoms. The Balaban J connectivity index is 1.71. The minimum atomic E-state index is -0.478. The summed E-state index contributed by atoms with van der Waals surface area (Å²) >= 11 is 0. The van der Waals surface area contributed by atoms with Crippen molar-refractivity contribution in [2.24, 2.45) is 0 Å². The molecule has 7 nitrogen and oxygen atoms in total. The van der Waals surface area contributed by atoms with Gasteiger partial charge in [-0.1, -0.05) is 12.1 Å². The van der Waals surface area contributed by atoms with Crippen LogP contribution in [0, 0.1) is 0 Å². The van der Waals surface area contributed by atoms with Gasteiger partial charge >= 0.3 is 0 Å². The number of carbonyl (C=O) groups excluding carboxylic acids is 2. The smallest absolute Gasteiger partial charge is 0.276 e. The molecule has 2 N–H and O–H groups in total.